The van der Waals surface area contributed by atoms with Crippen LogP contribution >= 0.6 is 0 Å². The molecular weight excluding hydrogens is 288 g/mol. The zero-order valence-electron chi connectivity index (χ0n) is 13.2. The second kappa shape index (κ2) is 13.9. The van der Waals surface area contributed by atoms with Crippen molar-refractivity contribution in [2.45, 2.75) is 6.92 Å². The maximum atomic E-state index is 8.63. The van der Waals surface area contributed by atoms with Crippen LogP contribution in [0.15, 0.2) is 91.0 Å². The minimum atomic E-state index is 0.322. The van der Waals surface area contributed by atoms with E-state index in [0.29, 0.717) is 11.5 Å². The van der Waals surface area contributed by atoms with E-state index in [2.05, 4.69) is 19.1 Å². The summed E-state index contributed by atoms with van der Waals surface area (Å²) >= 11 is 0. The van der Waals surface area contributed by atoms with Crippen molar-refractivity contribution in [1.82, 2.24) is 0 Å². The van der Waals surface area contributed by atoms with E-state index in [1.54, 1.807) is 48.5 Å². The lowest BCUT2D eigenvalue weighted by Gasteiger charge is -1.82. The van der Waals surface area contributed by atoms with Gasteiger partial charge in [0.05, 0.1) is 0 Å². The third-order valence-corrected chi connectivity index (χ3v) is 2.45. The SMILES string of the molecule is C=O.Cc1ccccc1.Oc1ccccc1.Oc1ccccc1. The zero-order valence-corrected chi connectivity index (χ0v) is 13.2. The molecule has 0 saturated carbocycles. The number of carbonyl (C=O) groups is 1. The molecule has 0 aliphatic heterocycles. The number of para-hydroxylation sites is 2. The van der Waals surface area contributed by atoms with E-state index in [-0.39, 0.29) is 0 Å². The molecule has 3 aromatic rings. The zero-order chi connectivity index (χ0) is 17.3. The van der Waals surface area contributed by atoms with Gasteiger partial charge in [-0.2, -0.15) is 0 Å². The Morgan fingerprint density at radius 2 is 0.826 bits per heavy atom. The number of aryl methyl sites for hydroxylation is 1. The lowest BCUT2D eigenvalue weighted by atomic mass is 10.2. The summed E-state index contributed by atoms with van der Waals surface area (Å²) in [4.78, 5) is 8.00. The first-order chi connectivity index (χ1) is 11.2. The third kappa shape index (κ3) is 12.4. The number of aromatic hydroxyl groups is 2. The summed E-state index contributed by atoms with van der Waals surface area (Å²) in [5, 5.41) is 17.3. The first kappa shape index (κ1) is 19.9. The normalized spacial score (nSPS) is 8.04. The van der Waals surface area contributed by atoms with E-state index in [1.807, 2.05) is 37.1 Å². The van der Waals surface area contributed by atoms with Gasteiger partial charge in [0.2, 0.25) is 0 Å². The smallest absolute Gasteiger partial charge is 0.115 e. The van der Waals surface area contributed by atoms with Crippen molar-refractivity contribution < 1.29 is 15.0 Å². The average molecular weight is 310 g/mol. The molecule has 0 heterocycles. The summed E-state index contributed by atoms with van der Waals surface area (Å²) in [6.45, 7) is 4.08. The molecule has 0 aliphatic rings. The fourth-order valence-electron chi connectivity index (χ4n) is 1.39. The second-order valence-corrected chi connectivity index (χ2v) is 4.33. The highest BCUT2D eigenvalue weighted by Crippen LogP contribution is 2.03. The quantitative estimate of drug-likeness (QED) is 0.638. The van der Waals surface area contributed by atoms with Gasteiger partial charge in [-0.05, 0) is 31.2 Å². The van der Waals surface area contributed by atoms with E-state index in [9.17, 15) is 0 Å². The molecule has 120 valence electrons. The molecule has 23 heavy (non-hydrogen) atoms. The molecule has 0 bridgehead atoms. The monoisotopic (exact) mass is 310 g/mol. The predicted molar refractivity (Wildman–Crippen MR) is 94.5 cm³/mol. The highest BCUT2D eigenvalue weighted by atomic mass is 16.3. The number of rotatable bonds is 0. The molecule has 0 amide bonds. The van der Waals surface area contributed by atoms with Crippen molar-refractivity contribution >= 4 is 6.79 Å². The van der Waals surface area contributed by atoms with Gasteiger partial charge in [0, 0.05) is 0 Å². The van der Waals surface area contributed by atoms with E-state index in [0.717, 1.165) is 0 Å². The molecule has 3 nitrogen and oxygen atoms in total. The molecule has 0 spiro atoms. The van der Waals surface area contributed by atoms with E-state index in [1.165, 1.54) is 5.56 Å². The number of phenols is 2. The van der Waals surface area contributed by atoms with Crippen LogP contribution in [0.3, 0.4) is 0 Å². The largest absolute Gasteiger partial charge is 0.508 e. The van der Waals surface area contributed by atoms with Gasteiger partial charge in [-0.25, -0.2) is 0 Å². The minimum Gasteiger partial charge on any atom is -0.508 e. The van der Waals surface area contributed by atoms with Crippen molar-refractivity contribution in [2.24, 2.45) is 0 Å². The standard InChI is InChI=1S/C7H8.2C6H6O.CH2O/c1-7-5-3-2-4-6-7;2*7-6-4-2-1-3-5-6;1-2/h2-6H,1H3;2*1-5,7H;1H2. The van der Waals surface area contributed by atoms with E-state index >= 15 is 0 Å². The van der Waals surface area contributed by atoms with Crippen LogP contribution < -0.4 is 0 Å². The number of phenolic OH excluding ortho intramolecular Hbond substituents is 2. The summed E-state index contributed by atoms with van der Waals surface area (Å²) in [5.74, 6) is 0.644. The Kier molecular flexibility index (Phi) is 12.0. The molecule has 0 atom stereocenters. The Morgan fingerprint density at radius 1 is 0.565 bits per heavy atom. The summed E-state index contributed by atoms with van der Waals surface area (Å²) in [6, 6.07) is 27.7. The number of carbonyl (C=O) groups excluding carboxylic acids is 1. The Bertz CT molecular complexity index is 506. The number of benzene rings is 3. The molecule has 0 saturated heterocycles. The average Bonchev–Trinajstić information content (AvgIpc) is 2.60. The summed E-state index contributed by atoms with van der Waals surface area (Å²) in [7, 11) is 0. The number of hydrogen-bond donors (Lipinski definition) is 2. The van der Waals surface area contributed by atoms with Crippen molar-refractivity contribution in [1.29, 1.82) is 0 Å². The first-order valence-electron chi connectivity index (χ1n) is 6.97. The molecule has 3 aromatic carbocycles. The van der Waals surface area contributed by atoms with Gasteiger partial charge >= 0.3 is 0 Å². The highest BCUT2D eigenvalue weighted by molar-refractivity contribution is 5.19. The van der Waals surface area contributed by atoms with Gasteiger partial charge in [-0.3, -0.25) is 0 Å². The van der Waals surface area contributed by atoms with Gasteiger partial charge in [0.15, 0.2) is 0 Å². The van der Waals surface area contributed by atoms with Gasteiger partial charge < -0.3 is 15.0 Å². The van der Waals surface area contributed by atoms with Crippen LogP contribution in [0, 0.1) is 6.92 Å². The van der Waals surface area contributed by atoms with E-state index in [4.69, 9.17) is 15.0 Å². The molecule has 0 unspecified atom stereocenters. The maximum Gasteiger partial charge on any atom is 0.115 e. The van der Waals surface area contributed by atoms with E-state index < -0.39 is 0 Å². The van der Waals surface area contributed by atoms with Crippen molar-refractivity contribution in [3.63, 3.8) is 0 Å². The highest BCUT2D eigenvalue weighted by Gasteiger charge is 1.75. The predicted octanol–water partition coefficient (Wildman–Crippen LogP) is 4.59. The molecule has 0 aliphatic carbocycles. The maximum absolute atomic E-state index is 8.63. The fraction of sp³-hybridized carbons (Fsp3) is 0.0500. The molecule has 0 fully saturated rings. The lowest BCUT2D eigenvalue weighted by Crippen LogP contribution is -1.62. The molecule has 3 heteroatoms. The molecular formula is C20H22O3. The van der Waals surface area contributed by atoms with Crippen molar-refractivity contribution in [3.8, 4) is 11.5 Å². The van der Waals surface area contributed by atoms with Crippen LogP contribution in [0.4, 0.5) is 0 Å². The molecule has 0 radical (unpaired) electrons. The first-order valence-corrected chi connectivity index (χ1v) is 6.97. The van der Waals surface area contributed by atoms with Crippen LogP contribution in [0.1, 0.15) is 5.56 Å². The van der Waals surface area contributed by atoms with Crippen LogP contribution in [-0.2, 0) is 4.79 Å². The van der Waals surface area contributed by atoms with Crippen LogP contribution in [-0.4, -0.2) is 17.0 Å². The van der Waals surface area contributed by atoms with Gasteiger partial charge in [-0.15, -0.1) is 0 Å². The van der Waals surface area contributed by atoms with Crippen LogP contribution in [0.5, 0.6) is 11.5 Å². The lowest BCUT2D eigenvalue weighted by molar-refractivity contribution is -0.0979. The van der Waals surface area contributed by atoms with Gasteiger partial charge in [0.1, 0.15) is 18.3 Å². The van der Waals surface area contributed by atoms with Crippen molar-refractivity contribution in [2.75, 3.05) is 0 Å². The summed E-state index contributed by atoms with van der Waals surface area (Å²) in [5.41, 5.74) is 1.32. The summed E-state index contributed by atoms with van der Waals surface area (Å²) < 4.78 is 0. The topological polar surface area (TPSA) is 57.5 Å². The van der Waals surface area contributed by atoms with Crippen LogP contribution in [0.25, 0.3) is 0 Å². The van der Waals surface area contributed by atoms with Crippen molar-refractivity contribution in [3.05, 3.63) is 96.6 Å². The Labute approximate surface area is 137 Å². The molecule has 2 N–H and O–H groups in total. The van der Waals surface area contributed by atoms with Gasteiger partial charge in [-0.1, -0.05) is 72.3 Å². The third-order valence-electron chi connectivity index (χ3n) is 2.45. The Hall–Kier alpha value is -3.07. The second-order valence-electron chi connectivity index (χ2n) is 4.33. The van der Waals surface area contributed by atoms with Crippen LogP contribution in [0.2, 0.25) is 0 Å². The van der Waals surface area contributed by atoms with Gasteiger partial charge in [0.25, 0.3) is 0 Å². The Morgan fingerprint density at radius 3 is 0.957 bits per heavy atom. The number of hydrogen-bond acceptors (Lipinski definition) is 3. The fourth-order valence-corrected chi connectivity index (χ4v) is 1.39. The summed E-state index contributed by atoms with van der Waals surface area (Å²) in [6.07, 6.45) is 0. The molecule has 3 rings (SSSR count). The minimum absolute atomic E-state index is 0.322. The molecule has 0 aromatic heterocycles. The Balaban J connectivity index is 0.000000299.